The summed E-state index contributed by atoms with van der Waals surface area (Å²) < 4.78 is 6.24. The number of hydrogen-bond acceptors (Lipinski definition) is 3. The maximum Gasteiger partial charge on any atom is 0.266 e. The minimum absolute atomic E-state index is 0.0435. The summed E-state index contributed by atoms with van der Waals surface area (Å²) in [7, 11) is 0. The topological polar surface area (TPSA) is 62.1 Å². The standard InChI is InChI=1S/C20H19BrN2O2/c1-3-15-7-5-6-8-18(15)23-20(24)16(13-22)11-14-9-10-19(25-4-2)17(21)12-14/h5-12H,3-4H2,1-2H3,(H,23,24)/b16-11+. The number of carbonyl (C=O) groups excluding carboxylic acids is 1. The van der Waals surface area contributed by atoms with E-state index in [1.165, 1.54) is 0 Å². The van der Waals surface area contributed by atoms with Crippen molar-refractivity contribution < 1.29 is 9.53 Å². The number of benzene rings is 2. The zero-order chi connectivity index (χ0) is 18.2. The molecule has 0 bridgehead atoms. The SMILES string of the molecule is CCOc1ccc(/C=C(\C#N)C(=O)Nc2ccccc2CC)cc1Br. The van der Waals surface area contributed by atoms with Crippen LogP contribution in [-0.4, -0.2) is 12.5 Å². The number of halogens is 1. The molecule has 25 heavy (non-hydrogen) atoms. The van der Waals surface area contributed by atoms with Gasteiger partial charge in [0.2, 0.25) is 0 Å². The number of aryl methyl sites for hydroxylation is 1. The molecule has 0 radical (unpaired) electrons. The van der Waals surface area contributed by atoms with Gasteiger partial charge in [-0.25, -0.2) is 0 Å². The van der Waals surface area contributed by atoms with Gasteiger partial charge in [0.05, 0.1) is 11.1 Å². The molecular weight excluding hydrogens is 380 g/mol. The summed E-state index contributed by atoms with van der Waals surface area (Å²) >= 11 is 3.43. The van der Waals surface area contributed by atoms with E-state index < -0.39 is 5.91 Å². The molecule has 2 rings (SSSR count). The van der Waals surface area contributed by atoms with E-state index >= 15 is 0 Å². The Morgan fingerprint density at radius 3 is 2.68 bits per heavy atom. The fourth-order valence-electron chi connectivity index (χ4n) is 2.33. The largest absolute Gasteiger partial charge is 0.493 e. The molecule has 1 amide bonds. The summed E-state index contributed by atoms with van der Waals surface area (Å²) in [5.74, 6) is 0.299. The van der Waals surface area contributed by atoms with Crippen molar-refractivity contribution in [1.29, 1.82) is 5.26 Å². The molecule has 128 valence electrons. The predicted octanol–water partition coefficient (Wildman–Crippen LogP) is 4.96. The first-order chi connectivity index (χ1) is 12.1. The van der Waals surface area contributed by atoms with Crippen molar-refractivity contribution in [2.45, 2.75) is 20.3 Å². The molecule has 2 aromatic carbocycles. The number of nitrogens with zero attached hydrogens (tertiary/aromatic N) is 1. The first kappa shape index (κ1) is 18.8. The second kappa shape index (κ2) is 9.05. The molecule has 1 N–H and O–H groups in total. The summed E-state index contributed by atoms with van der Waals surface area (Å²) in [6, 6.07) is 15.0. The lowest BCUT2D eigenvalue weighted by atomic mass is 10.1. The Balaban J connectivity index is 2.24. The highest BCUT2D eigenvalue weighted by Crippen LogP contribution is 2.27. The number of hydrogen-bond donors (Lipinski definition) is 1. The first-order valence-electron chi connectivity index (χ1n) is 8.02. The van der Waals surface area contributed by atoms with Crippen molar-refractivity contribution in [3.63, 3.8) is 0 Å². The van der Waals surface area contributed by atoms with Crippen LogP contribution >= 0.6 is 15.9 Å². The summed E-state index contributed by atoms with van der Waals surface area (Å²) in [6.45, 7) is 4.49. The molecule has 0 aromatic heterocycles. The van der Waals surface area contributed by atoms with Gasteiger partial charge < -0.3 is 10.1 Å². The third-order valence-corrected chi connectivity index (χ3v) is 4.20. The summed E-state index contributed by atoms with van der Waals surface area (Å²) in [6.07, 6.45) is 2.36. The van der Waals surface area contributed by atoms with E-state index in [0.29, 0.717) is 6.61 Å². The van der Waals surface area contributed by atoms with Crippen LogP contribution in [0.1, 0.15) is 25.0 Å². The highest BCUT2D eigenvalue weighted by atomic mass is 79.9. The average Bonchev–Trinajstić information content (AvgIpc) is 2.62. The maximum atomic E-state index is 12.4. The van der Waals surface area contributed by atoms with Crippen LogP contribution in [0.2, 0.25) is 0 Å². The van der Waals surface area contributed by atoms with Crippen LogP contribution in [0.15, 0.2) is 52.5 Å². The lowest BCUT2D eigenvalue weighted by Crippen LogP contribution is -2.14. The van der Waals surface area contributed by atoms with Crippen LogP contribution in [-0.2, 0) is 11.2 Å². The first-order valence-corrected chi connectivity index (χ1v) is 8.81. The number of nitrogens with one attached hydrogen (secondary N) is 1. The second-order valence-electron chi connectivity index (χ2n) is 5.26. The van der Waals surface area contributed by atoms with Crippen molar-refractivity contribution in [2.24, 2.45) is 0 Å². The van der Waals surface area contributed by atoms with E-state index in [2.05, 4.69) is 21.2 Å². The number of nitriles is 1. The monoisotopic (exact) mass is 398 g/mol. The molecule has 5 heteroatoms. The average molecular weight is 399 g/mol. The Bertz CT molecular complexity index is 838. The van der Waals surface area contributed by atoms with Crippen molar-refractivity contribution >= 4 is 33.6 Å². The van der Waals surface area contributed by atoms with Crippen molar-refractivity contribution in [3.05, 3.63) is 63.6 Å². The lowest BCUT2D eigenvalue weighted by molar-refractivity contribution is -0.112. The van der Waals surface area contributed by atoms with Gasteiger partial charge in [-0.2, -0.15) is 5.26 Å². The second-order valence-corrected chi connectivity index (χ2v) is 6.11. The van der Waals surface area contributed by atoms with Crippen molar-refractivity contribution in [1.82, 2.24) is 0 Å². The Morgan fingerprint density at radius 1 is 1.28 bits per heavy atom. The normalized spacial score (nSPS) is 10.9. The highest BCUT2D eigenvalue weighted by Gasteiger charge is 2.12. The molecule has 0 aliphatic heterocycles. The number of anilines is 1. The maximum absolute atomic E-state index is 12.4. The predicted molar refractivity (Wildman–Crippen MR) is 103 cm³/mol. The van der Waals surface area contributed by atoms with Gasteiger partial charge in [-0.1, -0.05) is 31.2 Å². The number of carbonyl (C=O) groups is 1. The van der Waals surface area contributed by atoms with Gasteiger partial charge in [-0.15, -0.1) is 0 Å². The summed E-state index contributed by atoms with van der Waals surface area (Å²) in [4.78, 5) is 12.4. The van der Waals surface area contributed by atoms with Gasteiger partial charge in [0.25, 0.3) is 5.91 Å². The fraction of sp³-hybridized carbons (Fsp3) is 0.200. The van der Waals surface area contributed by atoms with E-state index in [-0.39, 0.29) is 5.57 Å². The minimum Gasteiger partial charge on any atom is -0.493 e. The summed E-state index contributed by atoms with van der Waals surface area (Å²) in [5, 5.41) is 12.2. The molecule has 0 fully saturated rings. The number of para-hydroxylation sites is 1. The lowest BCUT2D eigenvalue weighted by Gasteiger charge is -2.09. The Hall–Kier alpha value is -2.58. The molecule has 0 heterocycles. The molecule has 0 unspecified atom stereocenters. The van der Waals surface area contributed by atoms with Crippen LogP contribution < -0.4 is 10.1 Å². The Kier molecular flexibility index (Phi) is 6.79. The van der Waals surface area contributed by atoms with E-state index in [1.807, 2.05) is 50.2 Å². The van der Waals surface area contributed by atoms with Gasteiger partial charge in [0.15, 0.2) is 0 Å². The smallest absolute Gasteiger partial charge is 0.266 e. The minimum atomic E-state index is -0.423. The molecule has 0 atom stereocenters. The molecule has 0 saturated heterocycles. The molecule has 0 aliphatic rings. The van der Waals surface area contributed by atoms with Crippen LogP contribution in [0.5, 0.6) is 5.75 Å². The quantitative estimate of drug-likeness (QED) is 0.552. The molecule has 0 saturated carbocycles. The van der Waals surface area contributed by atoms with E-state index in [4.69, 9.17) is 4.74 Å². The van der Waals surface area contributed by atoms with Crippen LogP contribution in [0.3, 0.4) is 0 Å². The van der Waals surface area contributed by atoms with Gasteiger partial charge in [0.1, 0.15) is 17.4 Å². The Morgan fingerprint density at radius 2 is 2.04 bits per heavy atom. The van der Waals surface area contributed by atoms with Crippen molar-refractivity contribution in [3.8, 4) is 11.8 Å². The molecule has 0 aliphatic carbocycles. The van der Waals surface area contributed by atoms with Crippen molar-refractivity contribution in [2.75, 3.05) is 11.9 Å². The summed E-state index contributed by atoms with van der Waals surface area (Å²) in [5.41, 5.74) is 2.54. The number of rotatable bonds is 6. The molecule has 4 nitrogen and oxygen atoms in total. The third kappa shape index (κ3) is 4.94. The zero-order valence-corrected chi connectivity index (χ0v) is 15.8. The van der Waals surface area contributed by atoms with Gasteiger partial charge >= 0.3 is 0 Å². The van der Waals surface area contributed by atoms with Crippen LogP contribution in [0.4, 0.5) is 5.69 Å². The van der Waals surface area contributed by atoms with E-state index in [0.717, 1.165) is 33.5 Å². The van der Waals surface area contributed by atoms with E-state index in [1.54, 1.807) is 18.2 Å². The Labute approximate surface area is 156 Å². The molecule has 2 aromatic rings. The molecule has 0 spiro atoms. The number of amides is 1. The van der Waals surface area contributed by atoms with Gasteiger partial charge in [-0.05, 0) is 64.7 Å². The van der Waals surface area contributed by atoms with E-state index in [9.17, 15) is 10.1 Å². The molecular formula is C20H19BrN2O2. The fourth-order valence-corrected chi connectivity index (χ4v) is 2.85. The zero-order valence-electron chi connectivity index (χ0n) is 14.2. The van der Waals surface area contributed by atoms with Gasteiger partial charge in [-0.3, -0.25) is 4.79 Å². The third-order valence-electron chi connectivity index (χ3n) is 3.58. The van der Waals surface area contributed by atoms with Crippen LogP contribution in [0, 0.1) is 11.3 Å². The van der Waals surface area contributed by atoms with Crippen LogP contribution in [0.25, 0.3) is 6.08 Å². The van der Waals surface area contributed by atoms with Gasteiger partial charge in [0, 0.05) is 5.69 Å². The highest BCUT2D eigenvalue weighted by molar-refractivity contribution is 9.10. The number of ether oxygens (including phenoxy) is 1.